The number of carbonyl (C=O) groups excluding carboxylic acids is 2. The van der Waals surface area contributed by atoms with Crippen LogP contribution in [0, 0.1) is 12.3 Å². The number of nitrogens with one attached hydrogen (secondary N) is 3. The molecule has 1 aliphatic rings. The summed E-state index contributed by atoms with van der Waals surface area (Å²) in [6.45, 7) is 7.67. The van der Waals surface area contributed by atoms with E-state index in [4.69, 9.17) is 25.2 Å². The normalized spacial score (nSPS) is 26.0. The van der Waals surface area contributed by atoms with Crippen molar-refractivity contribution >= 4 is 19.6 Å². The number of alkyl halides is 1. The first-order chi connectivity index (χ1) is 17.9. The molecule has 0 bridgehead atoms. The van der Waals surface area contributed by atoms with E-state index in [0.717, 1.165) is 16.8 Å². The van der Waals surface area contributed by atoms with Crippen LogP contribution in [0.3, 0.4) is 0 Å². The Labute approximate surface area is 224 Å². The first-order valence-corrected chi connectivity index (χ1v) is 13.6. The average Bonchev–Trinajstić information content (AvgIpc) is 3.04. The molecule has 0 amide bonds. The van der Waals surface area contributed by atoms with Gasteiger partial charge in [0.05, 0.1) is 12.2 Å². The number of halogens is 1. The van der Waals surface area contributed by atoms with Gasteiger partial charge in [0.15, 0.2) is 12.3 Å². The highest BCUT2D eigenvalue weighted by molar-refractivity contribution is 7.54. The Morgan fingerprint density at radius 2 is 1.85 bits per heavy atom. The molecule has 0 radical (unpaired) electrons. The highest BCUT2D eigenvalue weighted by Crippen LogP contribution is 2.48. The van der Waals surface area contributed by atoms with Crippen LogP contribution in [0.5, 0.6) is 0 Å². The van der Waals surface area contributed by atoms with Crippen LogP contribution in [0.15, 0.2) is 21.9 Å². The molecule has 0 spiro atoms. The summed E-state index contributed by atoms with van der Waals surface area (Å²) in [4.78, 5) is 50.2. The fraction of sp³-hybridized carbons (Fsp3) is 0.652. The van der Waals surface area contributed by atoms with Gasteiger partial charge in [-0.05, 0) is 41.5 Å². The minimum absolute atomic E-state index is 0.508. The SMILES string of the molecule is C#C[C@H](NP(=O)(N[C@@H](C)C(=O)OC(C)C)OC[C@]1(F)C[C@@](C)(O)[C@H](n2ccc(=O)[nH]c2=O)O1)C(=O)OC(C)C. The molecule has 1 unspecified atom stereocenters. The number of hydrogen-bond donors (Lipinski definition) is 4. The Morgan fingerprint density at radius 1 is 1.26 bits per heavy atom. The highest BCUT2D eigenvalue weighted by atomic mass is 31.2. The molecule has 0 aromatic carbocycles. The first kappa shape index (κ1) is 32.4. The van der Waals surface area contributed by atoms with Gasteiger partial charge in [0.2, 0.25) is 5.85 Å². The predicted molar refractivity (Wildman–Crippen MR) is 135 cm³/mol. The van der Waals surface area contributed by atoms with Crippen LogP contribution < -0.4 is 21.4 Å². The zero-order chi connectivity index (χ0) is 29.8. The van der Waals surface area contributed by atoms with Crippen molar-refractivity contribution < 1.29 is 42.4 Å². The van der Waals surface area contributed by atoms with E-state index in [2.05, 4.69) is 16.1 Å². The van der Waals surface area contributed by atoms with Crippen molar-refractivity contribution in [2.75, 3.05) is 6.61 Å². The van der Waals surface area contributed by atoms with Crippen LogP contribution in [-0.2, 0) is 32.9 Å². The molecule has 1 aromatic rings. The molecule has 2 rings (SSSR count). The number of H-pyrrole nitrogens is 1. The minimum atomic E-state index is -4.55. The molecular weight excluding hydrogens is 542 g/mol. The van der Waals surface area contributed by atoms with Crippen molar-refractivity contribution in [1.82, 2.24) is 19.7 Å². The summed E-state index contributed by atoms with van der Waals surface area (Å²) >= 11 is 0. The Morgan fingerprint density at radius 3 is 2.38 bits per heavy atom. The van der Waals surface area contributed by atoms with Crippen LogP contribution in [0.2, 0.25) is 0 Å². The molecule has 14 nitrogen and oxygen atoms in total. The number of aromatic nitrogens is 2. The van der Waals surface area contributed by atoms with Crippen molar-refractivity contribution in [3.8, 4) is 12.3 Å². The molecule has 16 heteroatoms. The summed E-state index contributed by atoms with van der Waals surface area (Å²) in [6, 6.07) is -1.93. The summed E-state index contributed by atoms with van der Waals surface area (Å²) in [7, 11) is -4.55. The van der Waals surface area contributed by atoms with Crippen molar-refractivity contribution in [2.45, 2.75) is 89.9 Å². The van der Waals surface area contributed by atoms with E-state index in [1.165, 1.54) is 13.8 Å². The van der Waals surface area contributed by atoms with Crippen molar-refractivity contribution in [3.05, 3.63) is 33.1 Å². The van der Waals surface area contributed by atoms with E-state index in [-0.39, 0.29) is 0 Å². The molecular formula is C23H34FN4O10P. The number of hydrogen-bond acceptors (Lipinski definition) is 10. The molecule has 0 aliphatic carbocycles. The molecule has 6 atom stereocenters. The topological polar surface area (TPSA) is 187 Å². The number of ether oxygens (including phenoxy) is 3. The molecule has 1 fully saturated rings. The van der Waals surface area contributed by atoms with Crippen LogP contribution in [-0.4, -0.2) is 69.0 Å². The monoisotopic (exact) mass is 576 g/mol. The molecule has 1 aromatic heterocycles. The molecule has 2 heterocycles. The summed E-state index contributed by atoms with van der Waals surface area (Å²) < 4.78 is 51.1. The van der Waals surface area contributed by atoms with E-state index in [1.54, 1.807) is 27.7 Å². The third-order valence-corrected chi connectivity index (χ3v) is 6.98. The van der Waals surface area contributed by atoms with Gasteiger partial charge in [0.25, 0.3) is 5.56 Å². The minimum Gasteiger partial charge on any atom is -0.462 e. The molecule has 1 saturated heterocycles. The first-order valence-electron chi connectivity index (χ1n) is 12.0. The van der Waals surface area contributed by atoms with Crippen LogP contribution >= 0.6 is 7.67 Å². The Kier molecular flexibility index (Phi) is 10.4. The van der Waals surface area contributed by atoms with Gasteiger partial charge in [-0.15, -0.1) is 6.42 Å². The maximum Gasteiger partial charge on any atom is 0.343 e. The number of aliphatic hydroxyl groups is 1. The van der Waals surface area contributed by atoms with E-state index in [1.807, 2.05) is 4.98 Å². The largest absolute Gasteiger partial charge is 0.462 e. The number of carbonyl (C=O) groups is 2. The lowest BCUT2D eigenvalue weighted by Crippen LogP contribution is -2.44. The summed E-state index contributed by atoms with van der Waals surface area (Å²) in [6.07, 6.45) is 2.98. The second-order valence-electron chi connectivity index (χ2n) is 9.78. The average molecular weight is 577 g/mol. The number of nitrogens with zero attached hydrogens (tertiary/aromatic N) is 1. The van der Waals surface area contributed by atoms with E-state index in [0.29, 0.717) is 0 Å². The number of rotatable bonds is 12. The van der Waals surface area contributed by atoms with Crippen molar-refractivity contribution in [2.24, 2.45) is 0 Å². The van der Waals surface area contributed by atoms with E-state index >= 15 is 4.39 Å². The molecule has 0 saturated carbocycles. The van der Waals surface area contributed by atoms with E-state index < -0.39 is 85.9 Å². The summed E-state index contributed by atoms with van der Waals surface area (Å²) in [5.74, 6) is -2.58. The molecule has 4 N–H and O–H groups in total. The van der Waals surface area contributed by atoms with Gasteiger partial charge in [-0.1, -0.05) is 5.92 Å². The second kappa shape index (κ2) is 12.5. The lowest BCUT2D eigenvalue weighted by atomic mass is 9.99. The smallest absolute Gasteiger partial charge is 0.343 e. The molecule has 1 aliphatic heterocycles. The second-order valence-corrected chi connectivity index (χ2v) is 11.7. The molecule has 39 heavy (non-hydrogen) atoms. The van der Waals surface area contributed by atoms with Gasteiger partial charge in [0.1, 0.15) is 18.2 Å². The predicted octanol–water partition coefficient (Wildman–Crippen LogP) is 0.470. The van der Waals surface area contributed by atoms with Gasteiger partial charge in [-0.25, -0.2) is 24.2 Å². The zero-order valence-corrected chi connectivity index (χ0v) is 23.3. The Hall–Kier alpha value is -2.86. The standard InChI is InChI=1S/C23H34FN4O10P/c1-8-16(19(31)37-14(4)5)27-39(34,26-15(6)18(30)36-13(2)3)35-12-23(24)11-22(7,33)20(38-23)28-10-9-17(29)25-21(28)32/h1,9-10,13-16,20,33H,11-12H2,2-7H3,(H,25,29,32)(H2,26,27,34)/t15-,16-,20+,22+,23-,39?/m0/s1. The number of terminal acetylenes is 1. The fourth-order valence-electron chi connectivity index (χ4n) is 3.61. The van der Waals surface area contributed by atoms with Crippen LogP contribution in [0.25, 0.3) is 0 Å². The molecule has 218 valence electrons. The maximum absolute atomic E-state index is 15.8. The third kappa shape index (κ3) is 8.82. The van der Waals surface area contributed by atoms with Crippen molar-refractivity contribution in [1.29, 1.82) is 0 Å². The summed E-state index contributed by atoms with van der Waals surface area (Å²) in [5.41, 5.74) is -3.67. The Balaban J connectivity index is 2.31. The van der Waals surface area contributed by atoms with Gasteiger partial charge in [0, 0.05) is 18.7 Å². The van der Waals surface area contributed by atoms with Crippen molar-refractivity contribution in [3.63, 3.8) is 0 Å². The number of aromatic amines is 1. The fourth-order valence-corrected chi connectivity index (χ4v) is 5.35. The van der Waals surface area contributed by atoms with Gasteiger partial charge >= 0.3 is 25.3 Å². The number of esters is 2. The lowest BCUT2D eigenvalue weighted by Gasteiger charge is -2.28. The van der Waals surface area contributed by atoms with Gasteiger partial charge < -0.3 is 23.8 Å². The zero-order valence-electron chi connectivity index (χ0n) is 22.4. The highest BCUT2D eigenvalue weighted by Gasteiger charge is 2.56. The van der Waals surface area contributed by atoms with Gasteiger partial charge in [-0.2, -0.15) is 0 Å². The quantitative estimate of drug-likeness (QED) is 0.153. The summed E-state index contributed by atoms with van der Waals surface area (Å²) in [5, 5.41) is 15.4. The Bertz CT molecular complexity index is 1260. The van der Waals surface area contributed by atoms with Gasteiger partial charge in [-0.3, -0.25) is 23.7 Å². The lowest BCUT2D eigenvalue weighted by molar-refractivity contribution is -0.182. The maximum atomic E-state index is 15.8. The van der Waals surface area contributed by atoms with Crippen LogP contribution in [0.4, 0.5) is 4.39 Å². The third-order valence-electron chi connectivity index (χ3n) is 5.16. The van der Waals surface area contributed by atoms with E-state index in [9.17, 15) is 28.8 Å². The van der Waals surface area contributed by atoms with Crippen LogP contribution in [0.1, 0.15) is 54.2 Å².